The minimum absolute atomic E-state index is 0.0665. The summed E-state index contributed by atoms with van der Waals surface area (Å²) in [6.07, 6.45) is 12.3. The molecule has 1 heterocycles. The first-order valence-corrected chi connectivity index (χ1v) is 11.0. The average molecular weight is 394 g/mol. The van der Waals surface area contributed by atoms with Crippen LogP contribution in [0.4, 0.5) is 0 Å². The van der Waals surface area contributed by atoms with Gasteiger partial charge in [0.05, 0.1) is 19.8 Å². The van der Waals surface area contributed by atoms with Gasteiger partial charge in [-0.1, -0.05) is 37.1 Å². The first-order valence-electron chi connectivity index (χ1n) is 10.1. The lowest BCUT2D eigenvalue weighted by Gasteiger charge is -2.33. The highest BCUT2D eigenvalue weighted by Gasteiger charge is 2.29. The number of ether oxygens (including phenoxy) is 1. The van der Waals surface area contributed by atoms with Gasteiger partial charge in [0.2, 0.25) is 0 Å². The van der Waals surface area contributed by atoms with Gasteiger partial charge in [0.15, 0.2) is 0 Å². The minimum atomic E-state index is -0.280. The fourth-order valence-corrected chi connectivity index (χ4v) is 4.08. The van der Waals surface area contributed by atoms with Crippen LogP contribution in [0.25, 0.3) is 0 Å². The van der Waals surface area contributed by atoms with Gasteiger partial charge in [-0.25, -0.2) is 0 Å². The summed E-state index contributed by atoms with van der Waals surface area (Å²) in [5.41, 5.74) is 0.706. The van der Waals surface area contributed by atoms with Crippen LogP contribution in [-0.4, -0.2) is 49.2 Å². The third kappa shape index (κ3) is 8.28. The monoisotopic (exact) mass is 393 g/mol. The van der Waals surface area contributed by atoms with Crippen molar-refractivity contribution in [3.8, 4) is 0 Å². The van der Waals surface area contributed by atoms with Crippen LogP contribution in [0, 0.1) is 5.41 Å². The normalized spacial score (nSPS) is 20.6. The van der Waals surface area contributed by atoms with Crippen molar-refractivity contribution in [1.29, 1.82) is 0 Å². The second-order valence-electron chi connectivity index (χ2n) is 7.61. The summed E-state index contributed by atoms with van der Waals surface area (Å²) in [6.45, 7) is 4.78. The Labute approximate surface area is 168 Å². The molecule has 5 heteroatoms. The largest absolute Gasteiger partial charge is 0.395 e. The van der Waals surface area contributed by atoms with Crippen LogP contribution in [0.15, 0.2) is 41.3 Å². The molecule has 0 fully saturated rings. The van der Waals surface area contributed by atoms with Crippen molar-refractivity contribution in [1.82, 2.24) is 5.32 Å². The number of allylic oxidation sites excluding steroid dienone is 2. The van der Waals surface area contributed by atoms with E-state index in [1.54, 1.807) is 11.3 Å². The Morgan fingerprint density at radius 1 is 1.26 bits per heavy atom. The summed E-state index contributed by atoms with van der Waals surface area (Å²) in [5, 5.41) is 24.9. The summed E-state index contributed by atoms with van der Waals surface area (Å²) < 4.78 is 5.72. The molecule has 0 spiro atoms. The van der Waals surface area contributed by atoms with Gasteiger partial charge in [-0.2, -0.15) is 0 Å². The first-order chi connectivity index (χ1) is 13.2. The quantitative estimate of drug-likeness (QED) is 0.422. The molecule has 1 aromatic heterocycles. The van der Waals surface area contributed by atoms with E-state index in [0.29, 0.717) is 6.04 Å². The van der Waals surface area contributed by atoms with Crippen molar-refractivity contribution in [3.63, 3.8) is 0 Å². The fraction of sp³-hybridized carbons (Fsp3) is 0.636. The van der Waals surface area contributed by atoms with Gasteiger partial charge in [-0.15, -0.1) is 11.3 Å². The predicted molar refractivity (Wildman–Crippen MR) is 113 cm³/mol. The van der Waals surface area contributed by atoms with Crippen LogP contribution < -0.4 is 5.32 Å². The molecule has 1 aliphatic carbocycles. The predicted octanol–water partition coefficient (Wildman–Crippen LogP) is 3.70. The smallest absolute Gasteiger partial charge is 0.0645 e. The van der Waals surface area contributed by atoms with Crippen LogP contribution in [0.1, 0.15) is 43.9 Å². The van der Waals surface area contributed by atoms with Crippen molar-refractivity contribution in [2.24, 2.45) is 5.41 Å². The Balaban J connectivity index is 1.50. The van der Waals surface area contributed by atoms with E-state index in [4.69, 9.17) is 4.74 Å². The molecule has 3 N–H and O–H groups in total. The average Bonchev–Trinajstić information content (AvgIpc) is 3.22. The maximum absolute atomic E-state index is 9.83. The molecule has 2 atom stereocenters. The molecule has 0 saturated carbocycles. The van der Waals surface area contributed by atoms with E-state index in [9.17, 15) is 10.2 Å². The number of rotatable bonds is 14. The summed E-state index contributed by atoms with van der Waals surface area (Å²) in [4.78, 5) is 1.39. The molecular formula is C22H35NO3S. The van der Waals surface area contributed by atoms with Gasteiger partial charge in [-0.05, 0) is 43.2 Å². The van der Waals surface area contributed by atoms with Gasteiger partial charge >= 0.3 is 0 Å². The van der Waals surface area contributed by atoms with Gasteiger partial charge in [-0.3, -0.25) is 0 Å². The Morgan fingerprint density at radius 2 is 2.15 bits per heavy atom. The number of aliphatic hydroxyl groups excluding tert-OH is 2. The van der Waals surface area contributed by atoms with E-state index >= 15 is 0 Å². The molecule has 0 aromatic carbocycles. The molecule has 2 rings (SSSR count). The number of unbranched alkanes of at least 4 members (excludes halogenated alkanes) is 2. The first kappa shape index (κ1) is 22.3. The van der Waals surface area contributed by atoms with Crippen molar-refractivity contribution in [2.75, 3.05) is 33.0 Å². The maximum Gasteiger partial charge on any atom is 0.0645 e. The Hall–Kier alpha value is -0.980. The number of hydrogen-bond donors (Lipinski definition) is 3. The van der Waals surface area contributed by atoms with E-state index in [1.807, 2.05) is 12.2 Å². The second kappa shape index (κ2) is 12.5. The zero-order valence-electron chi connectivity index (χ0n) is 16.5. The van der Waals surface area contributed by atoms with Crippen LogP contribution in [-0.2, 0) is 11.2 Å². The van der Waals surface area contributed by atoms with Crippen LogP contribution in [0.5, 0.6) is 0 Å². The molecule has 0 amide bonds. The fourth-order valence-electron chi connectivity index (χ4n) is 3.39. The maximum atomic E-state index is 9.83. The lowest BCUT2D eigenvalue weighted by atomic mass is 9.79. The summed E-state index contributed by atoms with van der Waals surface area (Å²) >= 11 is 1.79. The summed E-state index contributed by atoms with van der Waals surface area (Å²) in [5.74, 6) is 0. The van der Waals surface area contributed by atoms with Crippen LogP contribution in [0.2, 0.25) is 0 Å². The van der Waals surface area contributed by atoms with Gasteiger partial charge in [0.25, 0.3) is 0 Å². The summed E-state index contributed by atoms with van der Waals surface area (Å²) in [7, 11) is 0. The van der Waals surface area contributed by atoms with Gasteiger partial charge in [0.1, 0.15) is 0 Å². The molecule has 1 aliphatic rings. The molecular weight excluding hydrogens is 358 g/mol. The molecule has 0 saturated heterocycles. The topological polar surface area (TPSA) is 61.7 Å². The second-order valence-corrected chi connectivity index (χ2v) is 8.64. The lowest BCUT2D eigenvalue weighted by Crippen LogP contribution is -2.41. The van der Waals surface area contributed by atoms with E-state index < -0.39 is 0 Å². The molecule has 0 bridgehead atoms. The van der Waals surface area contributed by atoms with E-state index in [2.05, 4.69) is 35.8 Å². The van der Waals surface area contributed by atoms with Crippen molar-refractivity contribution in [2.45, 2.75) is 51.5 Å². The highest BCUT2D eigenvalue weighted by molar-refractivity contribution is 7.09. The third-order valence-corrected chi connectivity index (χ3v) is 6.12. The molecule has 2 unspecified atom stereocenters. The van der Waals surface area contributed by atoms with E-state index in [0.717, 1.165) is 51.0 Å². The molecule has 4 nitrogen and oxygen atoms in total. The highest BCUT2D eigenvalue weighted by atomic mass is 32.1. The zero-order chi connectivity index (χ0) is 19.4. The minimum Gasteiger partial charge on any atom is -0.395 e. The van der Waals surface area contributed by atoms with Crippen molar-refractivity contribution in [3.05, 3.63) is 46.2 Å². The Bertz CT molecular complexity index is 570. The zero-order valence-corrected chi connectivity index (χ0v) is 17.3. The van der Waals surface area contributed by atoms with Crippen molar-refractivity contribution >= 4 is 11.3 Å². The molecule has 0 radical (unpaired) electrons. The standard InChI is InChI=1S/C22H35NO3S/c1-19(23-17-22(18-25)11-5-8-20(15-22)16-24)7-3-2-4-12-26-13-10-21-9-6-14-27-21/h5-6,8-9,11,14,19,23-25H,2-4,7,10,12-13,15-18H2,1H3. The van der Waals surface area contributed by atoms with Gasteiger partial charge in [0, 0.05) is 35.9 Å². The number of hydrogen-bond acceptors (Lipinski definition) is 5. The third-order valence-electron chi connectivity index (χ3n) is 5.18. The van der Waals surface area contributed by atoms with Crippen LogP contribution >= 0.6 is 11.3 Å². The van der Waals surface area contributed by atoms with Crippen LogP contribution in [0.3, 0.4) is 0 Å². The molecule has 1 aromatic rings. The van der Waals surface area contributed by atoms with Gasteiger partial charge < -0.3 is 20.3 Å². The summed E-state index contributed by atoms with van der Waals surface area (Å²) in [6, 6.07) is 4.67. The number of aliphatic hydroxyl groups is 2. The molecule has 27 heavy (non-hydrogen) atoms. The van der Waals surface area contributed by atoms with E-state index in [-0.39, 0.29) is 18.6 Å². The van der Waals surface area contributed by atoms with Crippen molar-refractivity contribution < 1.29 is 14.9 Å². The lowest BCUT2D eigenvalue weighted by molar-refractivity contribution is 0.133. The number of nitrogens with one attached hydrogen (secondary N) is 1. The molecule has 0 aliphatic heterocycles. The molecule has 152 valence electrons. The Morgan fingerprint density at radius 3 is 2.89 bits per heavy atom. The number of thiophene rings is 1. The SMILES string of the molecule is CC(CCCCCOCCc1cccs1)NCC1(CO)C=CC=C(CO)C1. The van der Waals surface area contributed by atoms with E-state index in [1.165, 1.54) is 17.7 Å². The highest BCUT2D eigenvalue weighted by Crippen LogP contribution is 2.30. The Kier molecular flexibility index (Phi) is 10.3.